The Balaban J connectivity index is 1.84. The molecule has 0 spiro atoms. The third kappa shape index (κ3) is 3.93. The molecule has 1 amide bonds. The number of sulfonamides is 1. The van der Waals surface area contributed by atoms with Crippen LogP contribution in [0.5, 0.6) is 0 Å². The third-order valence-corrected chi connectivity index (χ3v) is 7.57. The lowest BCUT2D eigenvalue weighted by Gasteiger charge is -2.31. The summed E-state index contributed by atoms with van der Waals surface area (Å²) >= 11 is 9.09. The molecule has 6 nitrogen and oxygen atoms in total. The highest BCUT2D eigenvalue weighted by molar-refractivity contribution is 9.10. The molecule has 0 radical (unpaired) electrons. The number of benzene rings is 1. The molecule has 1 aliphatic rings. The van der Waals surface area contributed by atoms with Crippen LogP contribution in [0.3, 0.4) is 0 Å². The van der Waals surface area contributed by atoms with E-state index in [1.165, 1.54) is 4.57 Å². The number of nitrogens with two attached hydrogens (primary N) is 1. The molecular formula is C17H21BrClN3O3S. The summed E-state index contributed by atoms with van der Waals surface area (Å²) < 4.78 is 28.6. The number of hydrogen-bond acceptors (Lipinski definition) is 3. The number of carbonyl (C=O) groups excluding carboxylic acids is 1. The molecule has 0 aliphatic carbocycles. The fourth-order valence-electron chi connectivity index (χ4n) is 3.55. The summed E-state index contributed by atoms with van der Waals surface area (Å²) in [5, 5.41) is 0.974. The van der Waals surface area contributed by atoms with E-state index in [9.17, 15) is 13.2 Å². The van der Waals surface area contributed by atoms with Crippen LogP contribution in [0.15, 0.2) is 28.9 Å². The maximum Gasteiger partial charge on any atom is 0.323 e. The standard InChI is InChI=1S/C17H21BrClN3O3S/c18-13-2-3-16-14(10-13)15(11-22(16)17(20)23)12-4-7-21(8-5-12)26(24,25)9-1-6-19/h2-3,10-12H,1,4-9H2,(H2,20,23). The van der Waals surface area contributed by atoms with Crippen molar-refractivity contribution in [1.29, 1.82) is 0 Å². The van der Waals surface area contributed by atoms with Crippen LogP contribution in [0.1, 0.15) is 30.7 Å². The largest absolute Gasteiger partial charge is 0.351 e. The van der Waals surface area contributed by atoms with Crippen LogP contribution in [0.4, 0.5) is 4.79 Å². The summed E-state index contributed by atoms with van der Waals surface area (Å²) in [5.41, 5.74) is 7.31. The topological polar surface area (TPSA) is 85.4 Å². The molecule has 1 aliphatic heterocycles. The third-order valence-electron chi connectivity index (χ3n) is 4.86. The van der Waals surface area contributed by atoms with Crippen LogP contribution < -0.4 is 5.73 Å². The van der Waals surface area contributed by atoms with Gasteiger partial charge in [-0.15, -0.1) is 11.6 Å². The number of primary amides is 1. The number of amides is 1. The molecule has 2 aromatic rings. The minimum Gasteiger partial charge on any atom is -0.351 e. The molecule has 2 N–H and O–H groups in total. The van der Waals surface area contributed by atoms with E-state index in [0.717, 1.165) is 20.9 Å². The monoisotopic (exact) mass is 461 g/mol. The molecule has 1 aromatic carbocycles. The number of piperidine rings is 1. The Labute approximate surface area is 166 Å². The average Bonchev–Trinajstić information content (AvgIpc) is 2.99. The van der Waals surface area contributed by atoms with Gasteiger partial charge < -0.3 is 5.73 Å². The Bertz CT molecular complexity index is 921. The van der Waals surface area contributed by atoms with E-state index in [2.05, 4.69) is 15.9 Å². The van der Waals surface area contributed by atoms with Crippen molar-refractivity contribution in [2.24, 2.45) is 5.73 Å². The molecule has 9 heteroatoms. The smallest absolute Gasteiger partial charge is 0.323 e. The molecule has 2 heterocycles. The van der Waals surface area contributed by atoms with Crippen molar-refractivity contribution in [3.05, 3.63) is 34.4 Å². The Morgan fingerprint density at radius 3 is 2.62 bits per heavy atom. The van der Waals surface area contributed by atoms with Gasteiger partial charge >= 0.3 is 6.03 Å². The quantitative estimate of drug-likeness (QED) is 0.690. The van der Waals surface area contributed by atoms with Crippen molar-refractivity contribution in [3.63, 3.8) is 0 Å². The van der Waals surface area contributed by atoms with E-state index in [4.69, 9.17) is 17.3 Å². The molecule has 0 atom stereocenters. The van der Waals surface area contributed by atoms with Crippen LogP contribution in [-0.4, -0.2) is 48.0 Å². The van der Waals surface area contributed by atoms with Gasteiger partial charge in [0.2, 0.25) is 10.0 Å². The first-order valence-electron chi connectivity index (χ1n) is 8.47. The van der Waals surface area contributed by atoms with Crippen molar-refractivity contribution in [2.45, 2.75) is 25.2 Å². The number of carbonyl (C=O) groups is 1. The SMILES string of the molecule is NC(=O)n1cc(C2CCN(S(=O)(=O)CCCCl)CC2)c2cc(Br)ccc21. The van der Waals surface area contributed by atoms with Gasteiger partial charge in [-0.05, 0) is 48.9 Å². The van der Waals surface area contributed by atoms with E-state index in [-0.39, 0.29) is 11.7 Å². The second-order valence-electron chi connectivity index (χ2n) is 6.49. The Morgan fingerprint density at radius 1 is 1.31 bits per heavy atom. The maximum atomic E-state index is 12.3. The van der Waals surface area contributed by atoms with Gasteiger partial charge in [0, 0.05) is 35.0 Å². The van der Waals surface area contributed by atoms with E-state index in [1.807, 2.05) is 18.2 Å². The van der Waals surface area contributed by atoms with Gasteiger partial charge in [0.05, 0.1) is 11.3 Å². The van der Waals surface area contributed by atoms with E-state index >= 15 is 0 Å². The summed E-state index contributed by atoms with van der Waals surface area (Å²) in [5.74, 6) is 0.624. The molecule has 0 bridgehead atoms. The van der Waals surface area contributed by atoms with Crippen molar-refractivity contribution in [1.82, 2.24) is 8.87 Å². The van der Waals surface area contributed by atoms with Gasteiger partial charge in [0.15, 0.2) is 0 Å². The summed E-state index contributed by atoms with van der Waals surface area (Å²) in [6.07, 6.45) is 3.68. The highest BCUT2D eigenvalue weighted by Gasteiger charge is 2.30. The van der Waals surface area contributed by atoms with E-state index < -0.39 is 16.1 Å². The predicted molar refractivity (Wildman–Crippen MR) is 107 cm³/mol. The first-order valence-corrected chi connectivity index (χ1v) is 11.4. The number of hydrogen-bond donors (Lipinski definition) is 1. The fraction of sp³-hybridized carbons (Fsp3) is 0.471. The number of aromatic nitrogens is 1. The van der Waals surface area contributed by atoms with Gasteiger partial charge in [-0.3, -0.25) is 4.57 Å². The lowest BCUT2D eigenvalue weighted by atomic mass is 9.90. The Hall–Kier alpha value is -1.09. The zero-order chi connectivity index (χ0) is 18.9. The second kappa shape index (κ2) is 7.88. The zero-order valence-electron chi connectivity index (χ0n) is 14.2. The van der Waals surface area contributed by atoms with Crippen molar-refractivity contribution >= 4 is 54.5 Å². The lowest BCUT2D eigenvalue weighted by molar-refractivity contribution is 0.251. The van der Waals surface area contributed by atoms with Crippen LogP contribution in [0.25, 0.3) is 10.9 Å². The van der Waals surface area contributed by atoms with Gasteiger partial charge in [-0.2, -0.15) is 0 Å². The van der Waals surface area contributed by atoms with E-state index in [1.54, 1.807) is 10.5 Å². The summed E-state index contributed by atoms with van der Waals surface area (Å²) in [7, 11) is -3.25. The van der Waals surface area contributed by atoms with Gasteiger partial charge in [-0.25, -0.2) is 17.5 Å². The summed E-state index contributed by atoms with van der Waals surface area (Å²) in [4.78, 5) is 11.8. The summed E-state index contributed by atoms with van der Waals surface area (Å²) in [6.45, 7) is 0.957. The highest BCUT2D eigenvalue weighted by Crippen LogP contribution is 2.36. The number of nitrogens with zero attached hydrogens (tertiary/aromatic N) is 2. The fourth-order valence-corrected chi connectivity index (χ4v) is 5.73. The molecule has 1 saturated heterocycles. The van der Waals surface area contributed by atoms with Crippen LogP contribution in [-0.2, 0) is 10.0 Å². The zero-order valence-corrected chi connectivity index (χ0v) is 17.4. The number of rotatable bonds is 5. The molecule has 1 fully saturated rings. The molecule has 26 heavy (non-hydrogen) atoms. The van der Waals surface area contributed by atoms with Crippen LogP contribution in [0.2, 0.25) is 0 Å². The first-order chi connectivity index (χ1) is 12.3. The first kappa shape index (κ1) is 19.7. The van der Waals surface area contributed by atoms with Gasteiger partial charge in [-0.1, -0.05) is 15.9 Å². The second-order valence-corrected chi connectivity index (χ2v) is 9.87. The van der Waals surface area contributed by atoms with E-state index in [0.29, 0.717) is 38.2 Å². The van der Waals surface area contributed by atoms with Crippen LogP contribution in [0, 0.1) is 0 Å². The van der Waals surface area contributed by atoms with Crippen molar-refractivity contribution < 1.29 is 13.2 Å². The number of fused-ring (bicyclic) bond motifs is 1. The van der Waals surface area contributed by atoms with Gasteiger partial charge in [0.25, 0.3) is 0 Å². The number of alkyl halides is 1. The highest BCUT2D eigenvalue weighted by atomic mass is 79.9. The average molecular weight is 463 g/mol. The molecular weight excluding hydrogens is 442 g/mol. The Morgan fingerprint density at radius 2 is 2.00 bits per heavy atom. The minimum atomic E-state index is -3.25. The molecule has 1 aromatic heterocycles. The molecule has 142 valence electrons. The van der Waals surface area contributed by atoms with Crippen LogP contribution >= 0.6 is 27.5 Å². The predicted octanol–water partition coefficient (Wildman–Crippen LogP) is 3.47. The molecule has 0 unspecified atom stereocenters. The maximum absolute atomic E-state index is 12.3. The number of halogens is 2. The molecule has 0 saturated carbocycles. The Kier molecular flexibility index (Phi) is 5.96. The lowest BCUT2D eigenvalue weighted by Crippen LogP contribution is -2.39. The normalized spacial score (nSPS) is 17.0. The molecule has 3 rings (SSSR count). The van der Waals surface area contributed by atoms with Gasteiger partial charge in [0.1, 0.15) is 0 Å². The van der Waals surface area contributed by atoms with Crippen molar-refractivity contribution in [2.75, 3.05) is 24.7 Å². The summed E-state index contributed by atoms with van der Waals surface area (Å²) in [6, 6.07) is 5.19. The van der Waals surface area contributed by atoms with Crippen molar-refractivity contribution in [3.8, 4) is 0 Å². The minimum absolute atomic E-state index is 0.0924.